The quantitative estimate of drug-likeness (QED) is 0.324. The second kappa shape index (κ2) is 11.8. The van der Waals surface area contributed by atoms with Gasteiger partial charge in [-0.25, -0.2) is 0 Å². The Balaban J connectivity index is 0.00000152. The molecule has 2 aliphatic carbocycles. The molecular formula is C33H28Cl2Zr. The molecule has 0 spiro atoms. The van der Waals surface area contributed by atoms with E-state index in [1.54, 1.807) is 6.56 Å². The third kappa shape index (κ3) is 5.21. The second-order valence-electron chi connectivity index (χ2n) is 9.42. The molecule has 0 nitrogen and oxygen atoms in total. The summed E-state index contributed by atoms with van der Waals surface area (Å²) in [5, 5.41) is 0. The summed E-state index contributed by atoms with van der Waals surface area (Å²) in [6.45, 7) is 0. The fourth-order valence-electron chi connectivity index (χ4n) is 5.69. The van der Waals surface area contributed by atoms with Crippen LogP contribution in [-0.2, 0) is 34.1 Å². The van der Waals surface area contributed by atoms with Gasteiger partial charge in [0.2, 0.25) is 0 Å². The van der Waals surface area contributed by atoms with Crippen molar-refractivity contribution in [1.82, 2.24) is 0 Å². The summed E-state index contributed by atoms with van der Waals surface area (Å²) in [5.74, 6) is 0.903. The molecule has 0 amide bonds. The standard InChI is InChI=1S/2C16H13.CH2.2ClH.Zr/c2*1-2-6-13(7-3-1)12-15-11-10-14-8-4-5-9-16(14)15;;;;/h2*1-10,15H,12H2;1H2;2*1H;/q;;;;;+2/p-2. The van der Waals surface area contributed by atoms with Crippen molar-refractivity contribution in [3.8, 4) is 0 Å². The van der Waals surface area contributed by atoms with Crippen LogP contribution in [0.1, 0.15) is 45.2 Å². The van der Waals surface area contributed by atoms with Gasteiger partial charge in [-0.15, -0.1) is 0 Å². The molecule has 0 heterocycles. The third-order valence-corrected chi connectivity index (χ3v) is 13.2. The molecule has 0 aliphatic heterocycles. The summed E-state index contributed by atoms with van der Waals surface area (Å²) in [5.41, 5.74) is 8.59. The Hall–Kier alpha value is -2.31. The zero-order chi connectivity index (χ0) is 22.9. The maximum Gasteiger partial charge on any atom is -1.00 e. The van der Waals surface area contributed by atoms with E-state index in [1.807, 2.05) is 0 Å². The van der Waals surface area contributed by atoms with Crippen LogP contribution in [0, 0.1) is 0 Å². The summed E-state index contributed by atoms with van der Waals surface area (Å²) >= 11 is -2.33. The molecule has 2 aliphatic rings. The van der Waals surface area contributed by atoms with E-state index in [0.29, 0.717) is 11.8 Å². The first-order valence-corrected chi connectivity index (χ1v) is 16.4. The summed E-state index contributed by atoms with van der Waals surface area (Å²) in [7, 11) is 0. The molecular weight excluding hydrogens is 558 g/mol. The van der Waals surface area contributed by atoms with Gasteiger partial charge < -0.3 is 24.8 Å². The zero-order valence-electron chi connectivity index (χ0n) is 20.1. The van der Waals surface area contributed by atoms with E-state index >= 15 is 0 Å². The van der Waals surface area contributed by atoms with Crippen molar-refractivity contribution in [3.63, 3.8) is 0 Å². The van der Waals surface area contributed by atoms with Gasteiger partial charge >= 0.3 is 211 Å². The van der Waals surface area contributed by atoms with Crippen molar-refractivity contribution < 1.29 is 46.1 Å². The predicted molar refractivity (Wildman–Crippen MR) is 142 cm³/mol. The van der Waals surface area contributed by atoms with Crippen LogP contribution >= 0.6 is 0 Å². The van der Waals surface area contributed by atoms with Gasteiger partial charge in [0, 0.05) is 0 Å². The predicted octanol–water partition coefficient (Wildman–Crippen LogP) is 1.81. The van der Waals surface area contributed by atoms with Gasteiger partial charge in [0.25, 0.3) is 0 Å². The summed E-state index contributed by atoms with van der Waals surface area (Å²) < 4.78 is 8.30. The maximum atomic E-state index is 5.01. The third-order valence-electron chi connectivity index (χ3n) is 7.38. The number of rotatable bonds is 6. The van der Waals surface area contributed by atoms with E-state index in [9.17, 15) is 0 Å². The normalized spacial score (nSPS) is 16.9. The molecule has 0 bridgehead atoms. The number of hydrogen-bond acceptors (Lipinski definition) is 0. The first-order valence-electron chi connectivity index (χ1n) is 12.2. The first kappa shape index (κ1) is 26.7. The van der Waals surface area contributed by atoms with Crippen LogP contribution in [0.25, 0.3) is 12.2 Å². The molecule has 0 aromatic heterocycles. The van der Waals surface area contributed by atoms with Gasteiger partial charge in [0.15, 0.2) is 0 Å². The van der Waals surface area contributed by atoms with E-state index in [1.165, 1.54) is 33.4 Å². The Labute approximate surface area is 234 Å². The number of benzene rings is 4. The van der Waals surface area contributed by atoms with E-state index in [0.717, 1.165) is 12.8 Å². The second-order valence-corrected chi connectivity index (χ2v) is 14.6. The largest absolute Gasteiger partial charge is 1.00 e. The van der Waals surface area contributed by atoms with Crippen LogP contribution in [0.5, 0.6) is 0 Å². The van der Waals surface area contributed by atoms with Gasteiger partial charge in [-0.05, 0) is 0 Å². The van der Waals surface area contributed by atoms with Gasteiger partial charge in [0.05, 0.1) is 0 Å². The minimum Gasteiger partial charge on any atom is -1.00 e. The van der Waals surface area contributed by atoms with E-state index < -0.39 is 21.3 Å². The van der Waals surface area contributed by atoms with Crippen molar-refractivity contribution in [2.45, 2.75) is 24.7 Å². The SMILES string of the molecule is [CH2]=[Zr+2]([C]1=Cc2ccccc2C1Cc1ccccc1)[C]1=Cc2ccccc2C1Cc1ccccc1.[Cl-].[Cl-]. The average Bonchev–Trinajstić information content (AvgIpc) is 3.44. The maximum absolute atomic E-state index is 5.01. The van der Waals surface area contributed by atoms with Crippen LogP contribution < -0.4 is 24.8 Å². The molecule has 4 aromatic rings. The fourth-order valence-corrected chi connectivity index (χ4v) is 11.5. The van der Waals surface area contributed by atoms with Gasteiger partial charge in [-0.2, -0.15) is 0 Å². The molecule has 0 saturated carbocycles. The van der Waals surface area contributed by atoms with Crippen molar-refractivity contribution in [2.24, 2.45) is 0 Å². The molecule has 2 atom stereocenters. The average molecular weight is 587 g/mol. The monoisotopic (exact) mass is 584 g/mol. The number of hydrogen-bond donors (Lipinski definition) is 0. The topological polar surface area (TPSA) is 0 Å². The molecule has 178 valence electrons. The van der Waals surface area contributed by atoms with Crippen molar-refractivity contribution in [1.29, 1.82) is 0 Å². The van der Waals surface area contributed by atoms with Crippen LogP contribution in [0.4, 0.5) is 0 Å². The number of allylic oxidation sites excluding steroid dienone is 2. The van der Waals surface area contributed by atoms with Gasteiger partial charge in [-0.1, -0.05) is 0 Å². The van der Waals surface area contributed by atoms with Crippen LogP contribution in [0.15, 0.2) is 116 Å². The van der Waals surface area contributed by atoms with Crippen molar-refractivity contribution in [2.75, 3.05) is 0 Å². The molecule has 2 unspecified atom stereocenters. The summed E-state index contributed by atoms with van der Waals surface area (Å²) in [6, 6.07) is 39.9. The molecule has 0 fully saturated rings. The molecule has 3 heteroatoms. The molecule has 36 heavy (non-hydrogen) atoms. The number of halogens is 2. The van der Waals surface area contributed by atoms with Crippen LogP contribution in [0.2, 0.25) is 0 Å². The smallest absolute Gasteiger partial charge is 1.00 e. The van der Waals surface area contributed by atoms with E-state index in [2.05, 4.69) is 121 Å². The van der Waals surface area contributed by atoms with Crippen LogP contribution in [0.3, 0.4) is 0 Å². The van der Waals surface area contributed by atoms with Crippen molar-refractivity contribution in [3.05, 3.63) is 149 Å². The van der Waals surface area contributed by atoms with Crippen molar-refractivity contribution >= 4 is 16.4 Å². The Bertz CT molecular complexity index is 1310. The van der Waals surface area contributed by atoms with Crippen LogP contribution in [-0.4, -0.2) is 4.21 Å². The van der Waals surface area contributed by atoms with Gasteiger partial charge in [-0.3, -0.25) is 0 Å². The van der Waals surface area contributed by atoms with E-state index in [4.69, 9.17) is 4.21 Å². The van der Waals surface area contributed by atoms with Gasteiger partial charge in [0.1, 0.15) is 0 Å². The summed E-state index contributed by atoms with van der Waals surface area (Å²) in [4.78, 5) is 0. The molecule has 6 rings (SSSR count). The molecule has 0 saturated heterocycles. The van der Waals surface area contributed by atoms with E-state index in [-0.39, 0.29) is 24.8 Å². The summed E-state index contributed by atoms with van der Waals surface area (Å²) in [6.07, 6.45) is 7.14. The number of fused-ring (bicyclic) bond motifs is 2. The molecule has 4 aromatic carbocycles. The first-order chi connectivity index (χ1) is 16.8. The Morgan fingerprint density at radius 2 is 0.861 bits per heavy atom. The minimum absolute atomic E-state index is 0. The molecule has 0 radical (unpaired) electrons. The fraction of sp³-hybridized carbons (Fsp3) is 0.121. The zero-order valence-corrected chi connectivity index (χ0v) is 24.0. The Morgan fingerprint density at radius 1 is 0.500 bits per heavy atom. The Morgan fingerprint density at radius 3 is 1.28 bits per heavy atom. The minimum atomic E-state index is -2.33. The Kier molecular flexibility index (Phi) is 8.79. The molecule has 0 N–H and O–H groups in total.